The average Bonchev–Trinajstić information content (AvgIpc) is 2.98. The van der Waals surface area contributed by atoms with E-state index in [4.69, 9.17) is 9.84 Å². The van der Waals surface area contributed by atoms with E-state index in [1.54, 1.807) is 6.08 Å². The number of ether oxygens (including phenoxy) is 1. The average molecular weight is 303 g/mol. The maximum atomic E-state index is 11.9. The number of carboxylic acid groups (broad SMARTS) is 1. The van der Waals surface area contributed by atoms with Gasteiger partial charge in [-0.2, -0.15) is 0 Å². The number of anilines is 1. The van der Waals surface area contributed by atoms with Gasteiger partial charge in [0.1, 0.15) is 5.75 Å². The molecule has 0 radical (unpaired) electrons. The lowest BCUT2D eigenvalue weighted by Crippen LogP contribution is -2.12. The SMILES string of the molecule is COc1ccc(C(=O)O)c(NC(=O)/C=C/c2cccs2)c1. The number of thiophene rings is 1. The summed E-state index contributed by atoms with van der Waals surface area (Å²) in [7, 11) is 1.47. The van der Waals surface area contributed by atoms with Crippen molar-refractivity contribution in [3.05, 3.63) is 52.2 Å². The van der Waals surface area contributed by atoms with Crippen LogP contribution in [-0.4, -0.2) is 24.1 Å². The van der Waals surface area contributed by atoms with E-state index in [0.717, 1.165) is 4.88 Å². The standard InChI is InChI=1S/C15H13NO4S/c1-20-10-4-6-12(15(18)19)13(9-10)16-14(17)7-5-11-3-2-8-21-11/h2-9H,1H3,(H,16,17)(H,18,19)/b7-5+. The zero-order chi connectivity index (χ0) is 15.2. The Kier molecular flexibility index (Phi) is 4.73. The Morgan fingerprint density at radius 1 is 1.33 bits per heavy atom. The van der Waals surface area contributed by atoms with Crippen molar-refractivity contribution >= 4 is 35.0 Å². The van der Waals surface area contributed by atoms with E-state index in [-0.39, 0.29) is 11.3 Å². The number of rotatable bonds is 5. The third kappa shape index (κ3) is 3.93. The Balaban J connectivity index is 2.17. The molecule has 0 aliphatic heterocycles. The Bertz CT molecular complexity index is 677. The van der Waals surface area contributed by atoms with Gasteiger partial charge >= 0.3 is 5.97 Å². The number of methoxy groups -OCH3 is 1. The lowest BCUT2D eigenvalue weighted by Gasteiger charge is -2.08. The van der Waals surface area contributed by atoms with Crippen LogP contribution in [0.25, 0.3) is 6.08 Å². The molecule has 0 saturated heterocycles. The largest absolute Gasteiger partial charge is 0.497 e. The number of benzene rings is 1. The molecular weight excluding hydrogens is 290 g/mol. The second-order valence-corrected chi connectivity index (χ2v) is 5.03. The van der Waals surface area contributed by atoms with Crippen LogP contribution in [0.2, 0.25) is 0 Å². The molecule has 0 saturated carbocycles. The molecule has 1 heterocycles. The van der Waals surface area contributed by atoms with E-state index in [0.29, 0.717) is 5.75 Å². The molecule has 0 unspecified atom stereocenters. The molecule has 0 aliphatic rings. The summed E-state index contributed by atoms with van der Waals surface area (Å²) in [6.45, 7) is 0. The number of nitrogens with one attached hydrogen (secondary N) is 1. The van der Waals surface area contributed by atoms with Crippen LogP contribution in [0.5, 0.6) is 5.75 Å². The molecule has 1 aromatic heterocycles. The van der Waals surface area contributed by atoms with Gasteiger partial charge in [0.2, 0.25) is 5.91 Å². The van der Waals surface area contributed by atoms with Gasteiger partial charge in [-0.05, 0) is 29.7 Å². The number of amides is 1. The molecule has 0 fully saturated rings. The minimum Gasteiger partial charge on any atom is -0.497 e. The molecule has 0 spiro atoms. The first-order valence-corrected chi connectivity index (χ1v) is 6.92. The first-order chi connectivity index (χ1) is 10.1. The maximum absolute atomic E-state index is 11.9. The van der Waals surface area contributed by atoms with Crippen molar-refractivity contribution in [1.29, 1.82) is 0 Å². The monoisotopic (exact) mass is 303 g/mol. The van der Waals surface area contributed by atoms with Crippen molar-refractivity contribution in [2.24, 2.45) is 0 Å². The molecule has 2 rings (SSSR count). The molecule has 0 atom stereocenters. The normalized spacial score (nSPS) is 10.5. The van der Waals surface area contributed by atoms with Crippen molar-refractivity contribution in [3.63, 3.8) is 0 Å². The van der Waals surface area contributed by atoms with Gasteiger partial charge in [0.25, 0.3) is 0 Å². The quantitative estimate of drug-likeness (QED) is 0.832. The van der Waals surface area contributed by atoms with E-state index in [1.165, 1.54) is 42.7 Å². The second-order valence-electron chi connectivity index (χ2n) is 4.05. The number of carbonyl (C=O) groups excluding carboxylic acids is 1. The predicted octanol–water partition coefficient (Wildman–Crippen LogP) is 3.11. The lowest BCUT2D eigenvalue weighted by atomic mass is 10.1. The highest BCUT2D eigenvalue weighted by Crippen LogP contribution is 2.22. The van der Waals surface area contributed by atoms with Crippen LogP contribution < -0.4 is 10.1 Å². The molecule has 5 nitrogen and oxygen atoms in total. The third-order valence-electron chi connectivity index (χ3n) is 2.66. The van der Waals surface area contributed by atoms with Crippen LogP contribution >= 0.6 is 11.3 Å². The van der Waals surface area contributed by atoms with Crippen LogP contribution in [-0.2, 0) is 4.79 Å². The predicted molar refractivity (Wildman–Crippen MR) is 81.9 cm³/mol. The van der Waals surface area contributed by atoms with E-state index in [1.807, 2.05) is 17.5 Å². The van der Waals surface area contributed by atoms with Crippen molar-refractivity contribution in [3.8, 4) is 5.75 Å². The van der Waals surface area contributed by atoms with Crippen molar-refractivity contribution in [2.75, 3.05) is 12.4 Å². The molecule has 0 aliphatic carbocycles. The highest BCUT2D eigenvalue weighted by Gasteiger charge is 2.12. The number of carbonyl (C=O) groups is 2. The smallest absolute Gasteiger partial charge is 0.337 e. The third-order valence-corrected chi connectivity index (χ3v) is 3.49. The molecular formula is C15H13NO4S. The van der Waals surface area contributed by atoms with E-state index in [9.17, 15) is 9.59 Å². The van der Waals surface area contributed by atoms with Gasteiger partial charge in [0.05, 0.1) is 18.4 Å². The van der Waals surface area contributed by atoms with Gasteiger partial charge in [-0.3, -0.25) is 4.79 Å². The van der Waals surface area contributed by atoms with Crippen LogP contribution in [0, 0.1) is 0 Å². The number of hydrogen-bond acceptors (Lipinski definition) is 4. The Hall–Kier alpha value is -2.60. The highest BCUT2D eigenvalue weighted by atomic mass is 32.1. The van der Waals surface area contributed by atoms with Crippen LogP contribution in [0.3, 0.4) is 0 Å². The Labute approximate surface area is 125 Å². The van der Waals surface area contributed by atoms with Gasteiger partial charge < -0.3 is 15.2 Å². The van der Waals surface area contributed by atoms with Gasteiger partial charge in [0, 0.05) is 17.0 Å². The second kappa shape index (κ2) is 6.71. The fraction of sp³-hybridized carbons (Fsp3) is 0.0667. The minimum atomic E-state index is -1.12. The molecule has 6 heteroatoms. The molecule has 108 valence electrons. The lowest BCUT2D eigenvalue weighted by molar-refractivity contribution is -0.111. The Morgan fingerprint density at radius 3 is 2.76 bits per heavy atom. The summed E-state index contributed by atoms with van der Waals surface area (Å²) in [6.07, 6.45) is 3.03. The van der Waals surface area contributed by atoms with Crippen molar-refractivity contribution in [1.82, 2.24) is 0 Å². The van der Waals surface area contributed by atoms with Gasteiger partial charge in [0.15, 0.2) is 0 Å². The zero-order valence-electron chi connectivity index (χ0n) is 11.2. The van der Waals surface area contributed by atoms with Crippen LogP contribution in [0.15, 0.2) is 41.8 Å². The first kappa shape index (κ1) is 14.8. The molecule has 2 N–H and O–H groups in total. The molecule has 21 heavy (non-hydrogen) atoms. The summed E-state index contributed by atoms with van der Waals surface area (Å²) >= 11 is 1.50. The van der Waals surface area contributed by atoms with E-state index >= 15 is 0 Å². The summed E-state index contributed by atoms with van der Waals surface area (Å²) in [6, 6.07) is 8.15. The highest BCUT2D eigenvalue weighted by molar-refractivity contribution is 7.10. The Morgan fingerprint density at radius 2 is 2.14 bits per heavy atom. The summed E-state index contributed by atoms with van der Waals surface area (Å²) in [5.74, 6) is -1.05. The van der Waals surface area contributed by atoms with E-state index in [2.05, 4.69) is 5.32 Å². The van der Waals surface area contributed by atoms with Crippen molar-refractivity contribution in [2.45, 2.75) is 0 Å². The number of hydrogen-bond donors (Lipinski definition) is 2. The molecule has 2 aromatic rings. The summed E-state index contributed by atoms with van der Waals surface area (Å²) in [5.41, 5.74) is 0.205. The van der Waals surface area contributed by atoms with Gasteiger partial charge in [-0.25, -0.2) is 4.79 Å². The summed E-state index contributed by atoms with van der Waals surface area (Å²) in [5, 5.41) is 13.6. The van der Waals surface area contributed by atoms with E-state index < -0.39 is 11.9 Å². The molecule has 1 aromatic carbocycles. The minimum absolute atomic E-state index is 0.00803. The van der Waals surface area contributed by atoms with Gasteiger partial charge in [-0.15, -0.1) is 11.3 Å². The first-order valence-electron chi connectivity index (χ1n) is 6.04. The summed E-state index contributed by atoms with van der Waals surface area (Å²) in [4.78, 5) is 23.9. The van der Waals surface area contributed by atoms with Gasteiger partial charge in [-0.1, -0.05) is 6.07 Å². The van der Waals surface area contributed by atoms with Crippen LogP contribution in [0.1, 0.15) is 15.2 Å². The maximum Gasteiger partial charge on any atom is 0.337 e. The number of carboxylic acids is 1. The number of aromatic carboxylic acids is 1. The zero-order valence-corrected chi connectivity index (χ0v) is 12.0. The molecule has 0 bridgehead atoms. The summed E-state index contributed by atoms with van der Waals surface area (Å²) < 4.78 is 5.03. The topological polar surface area (TPSA) is 75.6 Å². The van der Waals surface area contributed by atoms with Crippen LogP contribution in [0.4, 0.5) is 5.69 Å². The fourth-order valence-corrected chi connectivity index (χ4v) is 2.28. The van der Waals surface area contributed by atoms with Crippen molar-refractivity contribution < 1.29 is 19.4 Å². The molecule has 1 amide bonds. The fourth-order valence-electron chi connectivity index (χ4n) is 1.66.